The van der Waals surface area contributed by atoms with E-state index in [2.05, 4.69) is 20.3 Å². The van der Waals surface area contributed by atoms with E-state index < -0.39 is 5.82 Å². The fourth-order valence-corrected chi connectivity index (χ4v) is 3.16. The minimum absolute atomic E-state index is 0.0926. The summed E-state index contributed by atoms with van der Waals surface area (Å²) in [6.45, 7) is -0.466. The predicted molar refractivity (Wildman–Crippen MR) is 105 cm³/mol. The maximum absolute atomic E-state index is 13.7. The van der Waals surface area contributed by atoms with Gasteiger partial charge in [-0.25, -0.2) is 14.4 Å². The molecule has 0 aliphatic rings. The Bertz CT molecular complexity index is 1100. The highest BCUT2D eigenvalue weighted by Crippen LogP contribution is 2.29. The summed E-state index contributed by atoms with van der Waals surface area (Å²) in [6, 6.07) is 15.7. The maximum Gasteiger partial charge on any atom is 0.143 e. The molecule has 0 fully saturated rings. The van der Waals surface area contributed by atoms with Gasteiger partial charge in [0, 0.05) is 11.3 Å². The smallest absolute Gasteiger partial charge is 0.143 e. The molecule has 7 heteroatoms. The van der Waals surface area contributed by atoms with Gasteiger partial charge >= 0.3 is 0 Å². The second kappa shape index (κ2) is 7.75. The van der Waals surface area contributed by atoms with E-state index in [1.54, 1.807) is 12.1 Å². The first-order chi connectivity index (χ1) is 13.7. The molecule has 2 heterocycles. The van der Waals surface area contributed by atoms with Crippen LogP contribution in [0.25, 0.3) is 22.3 Å². The summed E-state index contributed by atoms with van der Waals surface area (Å²) in [5, 5.41) is 23.1. The number of hydrogen-bond donors (Lipinski definition) is 4. The fourth-order valence-electron chi connectivity index (χ4n) is 3.16. The molecule has 6 nitrogen and oxygen atoms in total. The quantitative estimate of drug-likeness (QED) is 0.413. The zero-order valence-corrected chi connectivity index (χ0v) is 14.9. The number of anilines is 1. The Morgan fingerprint density at radius 1 is 1.04 bits per heavy atom. The standard InChI is InChI=1S/C21H19FN4O2/c22-17-7-6-14(8-15(17)10-27)18-9-16-20(25-18)23-12-24-21(16)26-19(11-28)13-4-2-1-3-5-13/h1-9,12,19,27-28H,10-11H2,(H2,23,24,25,26)/t19-/m1/s1. The number of hydrogen-bond acceptors (Lipinski definition) is 5. The average Bonchev–Trinajstić information content (AvgIpc) is 3.18. The van der Waals surface area contributed by atoms with Crippen molar-refractivity contribution in [3.05, 3.63) is 77.9 Å². The van der Waals surface area contributed by atoms with Crippen molar-refractivity contribution in [3.63, 3.8) is 0 Å². The summed E-state index contributed by atoms with van der Waals surface area (Å²) in [5.41, 5.74) is 3.25. The van der Waals surface area contributed by atoms with Crippen LogP contribution in [0, 0.1) is 5.82 Å². The molecule has 0 saturated carbocycles. The molecule has 0 spiro atoms. The van der Waals surface area contributed by atoms with E-state index in [4.69, 9.17) is 0 Å². The zero-order chi connectivity index (χ0) is 19.5. The molecule has 0 amide bonds. The molecule has 0 unspecified atom stereocenters. The van der Waals surface area contributed by atoms with Crippen LogP contribution in [0.3, 0.4) is 0 Å². The topological polar surface area (TPSA) is 94.1 Å². The van der Waals surface area contributed by atoms with Gasteiger partial charge in [-0.3, -0.25) is 0 Å². The molecular formula is C21H19FN4O2. The van der Waals surface area contributed by atoms with E-state index in [0.717, 1.165) is 22.2 Å². The van der Waals surface area contributed by atoms with Crippen molar-refractivity contribution in [2.45, 2.75) is 12.6 Å². The Balaban J connectivity index is 1.71. The van der Waals surface area contributed by atoms with Gasteiger partial charge in [0.25, 0.3) is 0 Å². The Labute approximate surface area is 160 Å². The number of halogens is 1. The van der Waals surface area contributed by atoms with Crippen molar-refractivity contribution in [2.75, 3.05) is 11.9 Å². The Morgan fingerprint density at radius 2 is 1.86 bits per heavy atom. The van der Waals surface area contributed by atoms with Crippen LogP contribution in [0.15, 0.2) is 60.9 Å². The number of fused-ring (bicyclic) bond motifs is 1. The van der Waals surface area contributed by atoms with E-state index in [9.17, 15) is 14.6 Å². The highest BCUT2D eigenvalue weighted by atomic mass is 19.1. The van der Waals surface area contributed by atoms with Crippen molar-refractivity contribution >= 4 is 16.9 Å². The number of aliphatic hydroxyl groups excluding tert-OH is 2. The van der Waals surface area contributed by atoms with E-state index in [1.807, 2.05) is 36.4 Å². The maximum atomic E-state index is 13.7. The van der Waals surface area contributed by atoms with Gasteiger partial charge in [0.15, 0.2) is 0 Å². The molecule has 0 radical (unpaired) electrons. The zero-order valence-electron chi connectivity index (χ0n) is 14.9. The number of aromatic nitrogens is 3. The third-order valence-corrected chi connectivity index (χ3v) is 4.65. The van der Waals surface area contributed by atoms with Gasteiger partial charge < -0.3 is 20.5 Å². The third kappa shape index (κ3) is 3.45. The van der Waals surface area contributed by atoms with Gasteiger partial charge in [-0.05, 0) is 35.4 Å². The summed E-state index contributed by atoms with van der Waals surface area (Å²) in [5.74, 6) is 0.137. The molecular weight excluding hydrogens is 359 g/mol. The molecule has 4 N–H and O–H groups in total. The Kier molecular flexibility index (Phi) is 5.01. The molecule has 142 valence electrons. The number of aliphatic hydroxyl groups is 2. The van der Waals surface area contributed by atoms with Crippen LogP contribution < -0.4 is 5.32 Å². The second-order valence-corrected chi connectivity index (χ2v) is 6.42. The lowest BCUT2D eigenvalue weighted by atomic mass is 10.1. The molecule has 0 bridgehead atoms. The molecule has 28 heavy (non-hydrogen) atoms. The molecule has 4 aromatic rings. The minimum Gasteiger partial charge on any atom is -0.394 e. The van der Waals surface area contributed by atoms with Crippen LogP contribution in [0.4, 0.5) is 10.2 Å². The number of nitrogens with zero attached hydrogens (tertiary/aromatic N) is 2. The van der Waals surface area contributed by atoms with Crippen molar-refractivity contribution in [1.29, 1.82) is 0 Å². The van der Waals surface area contributed by atoms with Gasteiger partial charge in [0.05, 0.1) is 24.6 Å². The number of H-pyrrole nitrogens is 1. The second-order valence-electron chi connectivity index (χ2n) is 6.42. The SMILES string of the molecule is OCc1cc(-c2cc3c(N[C@H](CO)c4ccccc4)ncnc3[nH]2)ccc1F. The van der Waals surface area contributed by atoms with Crippen molar-refractivity contribution in [2.24, 2.45) is 0 Å². The first-order valence-electron chi connectivity index (χ1n) is 8.85. The molecule has 2 aromatic carbocycles. The molecule has 0 aliphatic carbocycles. The lowest BCUT2D eigenvalue weighted by Crippen LogP contribution is -2.15. The largest absolute Gasteiger partial charge is 0.394 e. The van der Waals surface area contributed by atoms with Gasteiger partial charge in [0.1, 0.15) is 23.6 Å². The minimum atomic E-state index is -0.446. The van der Waals surface area contributed by atoms with E-state index in [1.165, 1.54) is 12.4 Å². The number of nitrogens with one attached hydrogen (secondary N) is 2. The highest BCUT2D eigenvalue weighted by molar-refractivity contribution is 5.91. The Hall–Kier alpha value is -3.29. The van der Waals surface area contributed by atoms with Gasteiger partial charge in [0.2, 0.25) is 0 Å². The molecule has 1 atom stereocenters. The first kappa shape index (κ1) is 18.1. The normalized spacial score (nSPS) is 12.2. The lowest BCUT2D eigenvalue weighted by molar-refractivity contribution is 0.275. The van der Waals surface area contributed by atoms with Crippen LogP contribution in [0.2, 0.25) is 0 Å². The summed E-state index contributed by atoms with van der Waals surface area (Å²) in [4.78, 5) is 11.8. The van der Waals surface area contributed by atoms with E-state index in [0.29, 0.717) is 11.5 Å². The number of aromatic amines is 1. The van der Waals surface area contributed by atoms with Crippen molar-refractivity contribution in [3.8, 4) is 11.3 Å². The lowest BCUT2D eigenvalue weighted by Gasteiger charge is -2.17. The monoisotopic (exact) mass is 378 g/mol. The predicted octanol–water partition coefficient (Wildman–Crippen LogP) is 3.40. The third-order valence-electron chi connectivity index (χ3n) is 4.65. The summed E-state index contributed by atoms with van der Waals surface area (Å²) < 4.78 is 13.7. The van der Waals surface area contributed by atoms with Crippen LogP contribution in [-0.2, 0) is 6.61 Å². The summed E-state index contributed by atoms with van der Waals surface area (Å²) in [7, 11) is 0. The van der Waals surface area contributed by atoms with Crippen LogP contribution >= 0.6 is 0 Å². The van der Waals surface area contributed by atoms with Crippen molar-refractivity contribution < 1.29 is 14.6 Å². The van der Waals surface area contributed by atoms with Crippen LogP contribution in [-0.4, -0.2) is 31.8 Å². The van der Waals surface area contributed by atoms with E-state index >= 15 is 0 Å². The summed E-state index contributed by atoms with van der Waals surface area (Å²) >= 11 is 0. The molecule has 0 aliphatic heterocycles. The number of rotatable bonds is 6. The average molecular weight is 378 g/mol. The molecule has 0 saturated heterocycles. The highest BCUT2D eigenvalue weighted by Gasteiger charge is 2.15. The van der Waals surface area contributed by atoms with Crippen molar-refractivity contribution in [1.82, 2.24) is 15.0 Å². The molecule has 4 rings (SSSR count). The molecule has 2 aromatic heterocycles. The fraction of sp³-hybridized carbons (Fsp3) is 0.143. The summed E-state index contributed by atoms with van der Waals surface area (Å²) in [6.07, 6.45) is 1.44. The van der Waals surface area contributed by atoms with Gasteiger partial charge in [-0.15, -0.1) is 0 Å². The van der Waals surface area contributed by atoms with E-state index in [-0.39, 0.29) is 24.8 Å². The van der Waals surface area contributed by atoms with Gasteiger partial charge in [-0.1, -0.05) is 30.3 Å². The van der Waals surface area contributed by atoms with Crippen LogP contribution in [0.5, 0.6) is 0 Å². The first-order valence-corrected chi connectivity index (χ1v) is 8.85. The number of benzene rings is 2. The van der Waals surface area contributed by atoms with Gasteiger partial charge in [-0.2, -0.15) is 0 Å². The Morgan fingerprint density at radius 3 is 2.61 bits per heavy atom. The van der Waals surface area contributed by atoms with Crippen LogP contribution in [0.1, 0.15) is 17.2 Å².